The number of ether oxygens (including phenoxy) is 1. The summed E-state index contributed by atoms with van der Waals surface area (Å²) in [6.07, 6.45) is 8.81. The van der Waals surface area contributed by atoms with Crippen molar-refractivity contribution in [1.82, 2.24) is 14.9 Å². The summed E-state index contributed by atoms with van der Waals surface area (Å²) in [5.74, 6) is 1.40. The van der Waals surface area contributed by atoms with Crippen molar-refractivity contribution in [2.75, 3.05) is 7.11 Å². The van der Waals surface area contributed by atoms with Gasteiger partial charge in [-0.1, -0.05) is 53.2 Å². The van der Waals surface area contributed by atoms with Crippen molar-refractivity contribution in [3.05, 3.63) is 60.5 Å². The van der Waals surface area contributed by atoms with E-state index in [0.29, 0.717) is 11.6 Å². The molecule has 0 aliphatic rings. The average molecular weight is 385 g/mol. The topological polar surface area (TPSA) is 65.1 Å². The highest BCUT2D eigenvalue weighted by atomic mass is 16.5. The molecule has 0 aliphatic carbocycles. The van der Waals surface area contributed by atoms with Gasteiger partial charge in [0.2, 0.25) is 0 Å². The molecule has 154 valence electrons. The number of benzene rings is 1. The van der Waals surface area contributed by atoms with Gasteiger partial charge in [-0.2, -0.15) is 0 Å². The molecule has 0 bridgehead atoms. The lowest BCUT2D eigenvalue weighted by molar-refractivity contribution is 0.412. The summed E-state index contributed by atoms with van der Waals surface area (Å²) < 4.78 is 7.48. The van der Waals surface area contributed by atoms with Crippen LogP contribution in [0.5, 0.6) is 5.75 Å². The molecule has 5 heteroatoms. The van der Waals surface area contributed by atoms with E-state index in [1.165, 1.54) is 0 Å². The van der Waals surface area contributed by atoms with Gasteiger partial charge in [-0.05, 0) is 31.4 Å². The fourth-order valence-electron chi connectivity index (χ4n) is 2.87. The van der Waals surface area contributed by atoms with Crippen LogP contribution >= 0.6 is 0 Å². The van der Waals surface area contributed by atoms with Crippen molar-refractivity contribution in [1.29, 1.82) is 0 Å². The minimum Gasteiger partial charge on any atom is -0.495 e. The molecule has 2 rings (SSSR count). The van der Waals surface area contributed by atoms with E-state index in [9.17, 15) is 0 Å². The van der Waals surface area contributed by atoms with Gasteiger partial charge in [0.1, 0.15) is 5.75 Å². The van der Waals surface area contributed by atoms with E-state index in [1.807, 2.05) is 49.7 Å². The molecule has 0 amide bonds. The first-order chi connectivity index (χ1) is 13.5. The number of methoxy groups -OCH3 is 1. The van der Waals surface area contributed by atoms with Crippen LogP contribution in [-0.4, -0.2) is 16.7 Å². The maximum absolute atomic E-state index is 6.24. The van der Waals surface area contributed by atoms with Crippen molar-refractivity contribution in [3.63, 3.8) is 0 Å². The largest absolute Gasteiger partial charge is 0.495 e. The molecule has 0 saturated heterocycles. The summed E-state index contributed by atoms with van der Waals surface area (Å²) in [4.78, 5) is 4.26. The van der Waals surface area contributed by atoms with Crippen LogP contribution in [0.2, 0.25) is 0 Å². The monoisotopic (exact) mass is 384 g/mol. The van der Waals surface area contributed by atoms with Crippen molar-refractivity contribution < 1.29 is 4.74 Å². The molecule has 0 spiro atoms. The van der Waals surface area contributed by atoms with Gasteiger partial charge in [0.05, 0.1) is 30.5 Å². The Morgan fingerprint density at radius 2 is 2.00 bits per heavy atom. The van der Waals surface area contributed by atoms with Gasteiger partial charge in [-0.15, -0.1) is 0 Å². The number of allylic oxidation sites excluding steroid dienone is 1. The molecule has 1 heterocycles. The molecule has 0 fully saturated rings. The quantitative estimate of drug-likeness (QED) is 0.607. The highest BCUT2D eigenvalue weighted by Crippen LogP contribution is 2.26. The van der Waals surface area contributed by atoms with Crippen LogP contribution in [0, 0.1) is 12.8 Å². The van der Waals surface area contributed by atoms with Crippen molar-refractivity contribution in [2.24, 2.45) is 11.7 Å². The minimum absolute atomic E-state index is 0.641. The van der Waals surface area contributed by atoms with Crippen molar-refractivity contribution >= 4 is 5.70 Å². The summed E-state index contributed by atoms with van der Waals surface area (Å²) >= 11 is 0. The van der Waals surface area contributed by atoms with Crippen LogP contribution in [-0.2, 0) is 0 Å². The fourth-order valence-corrected chi connectivity index (χ4v) is 2.87. The Labute approximate surface area is 170 Å². The highest BCUT2D eigenvalue weighted by Gasteiger charge is 2.09. The van der Waals surface area contributed by atoms with Gasteiger partial charge in [0.25, 0.3) is 0 Å². The Hall–Kier alpha value is -2.69. The van der Waals surface area contributed by atoms with Gasteiger partial charge in [0.15, 0.2) is 0 Å². The maximum atomic E-state index is 6.24. The molecule has 28 heavy (non-hydrogen) atoms. The number of nitrogens with zero attached hydrogens (tertiary/aromatic N) is 2. The van der Waals surface area contributed by atoms with E-state index in [-0.39, 0.29) is 0 Å². The second-order valence-electron chi connectivity index (χ2n) is 6.54. The molecular formula is C23H36N4O. The number of rotatable bonds is 9. The number of aryl methyl sites for hydroxylation is 1. The Kier molecular flexibility index (Phi) is 9.93. The zero-order valence-corrected chi connectivity index (χ0v) is 18.2. The average Bonchev–Trinajstić information content (AvgIpc) is 3.17. The van der Waals surface area contributed by atoms with Crippen LogP contribution in [0.3, 0.4) is 0 Å². The normalized spacial score (nSPS) is 11.0. The first-order valence-corrected chi connectivity index (χ1v) is 10.1. The molecule has 0 atom stereocenters. The van der Waals surface area contributed by atoms with Gasteiger partial charge in [-0.3, -0.25) is 0 Å². The van der Waals surface area contributed by atoms with E-state index in [4.69, 9.17) is 10.5 Å². The van der Waals surface area contributed by atoms with Crippen LogP contribution in [0.4, 0.5) is 0 Å². The minimum atomic E-state index is 0.641. The van der Waals surface area contributed by atoms with Crippen molar-refractivity contribution in [2.45, 2.75) is 53.9 Å². The molecule has 0 unspecified atom stereocenters. The van der Waals surface area contributed by atoms with Gasteiger partial charge in [0, 0.05) is 23.7 Å². The lowest BCUT2D eigenvalue weighted by Gasteiger charge is -2.15. The summed E-state index contributed by atoms with van der Waals surface area (Å²) in [7, 11) is 1.65. The predicted molar refractivity (Wildman–Crippen MR) is 119 cm³/mol. The summed E-state index contributed by atoms with van der Waals surface area (Å²) in [5.41, 5.74) is 10.6. The summed E-state index contributed by atoms with van der Waals surface area (Å²) in [6, 6.07) is 5.89. The zero-order valence-electron chi connectivity index (χ0n) is 18.2. The molecule has 2 aromatic rings. The third-order valence-corrected chi connectivity index (χ3v) is 4.62. The van der Waals surface area contributed by atoms with Crippen LogP contribution in [0.15, 0.2) is 49.2 Å². The van der Waals surface area contributed by atoms with Gasteiger partial charge >= 0.3 is 0 Å². The molecule has 1 aromatic carbocycles. The predicted octanol–water partition coefficient (Wildman–Crippen LogP) is 5.40. The SMILES string of the molecule is C=C(CC(CC)CC)N/C=C(\N)c1ccc(-n2cnc(C)c2)c(OC)c1.CC. The Morgan fingerprint density at radius 3 is 2.54 bits per heavy atom. The Morgan fingerprint density at radius 1 is 1.32 bits per heavy atom. The second kappa shape index (κ2) is 11.9. The van der Waals surface area contributed by atoms with E-state index in [1.54, 1.807) is 19.6 Å². The van der Waals surface area contributed by atoms with E-state index >= 15 is 0 Å². The second-order valence-corrected chi connectivity index (χ2v) is 6.54. The van der Waals surface area contributed by atoms with Crippen LogP contribution in [0.1, 0.15) is 58.2 Å². The molecule has 0 radical (unpaired) electrons. The molecule has 0 saturated carbocycles. The first-order valence-electron chi connectivity index (χ1n) is 10.1. The summed E-state index contributed by atoms with van der Waals surface area (Å²) in [5, 5.41) is 3.23. The van der Waals surface area contributed by atoms with E-state index < -0.39 is 0 Å². The Balaban J connectivity index is 0.00000190. The number of hydrogen-bond donors (Lipinski definition) is 2. The maximum Gasteiger partial charge on any atom is 0.143 e. The number of nitrogens with one attached hydrogen (secondary N) is 1. The number of aromatic nitrogens is 2. The van der Waals surface area contributed by atoms with Gasteiger partial charge < -0.3 is 20.4 Å². The third kappa shape index (κ3) is 6.48. The standard InChI is InChI=1S/C21H30N4O.C2H6/c1-6-17(7-2)10-15(3)23-12-19(22)18-8-9-20(21(11-18)26-5)25-13-16(4)24-14-25;1-2/h8-9,11-14,17,23H,3,6-7,10,22H2,1-2,4-5H3;1-2H3/b19-12-;. The number of nitrogens with two attached hydrogens (primary N) is 1. The van der Waals surface area contributed by atoms with E-state index in [0.717, 1.165) is 47.7 Å². The number of imidazole rings is 1. The van der Waals surface area contributed by atoms with Crippen molar-refractivity contribution in [3.8, 4) is 11.4 Å². The van der Waals surface area contributed by atoms with Gasteiger partial charge in [-0.25, -0.2) is 4.98 Å². The zero-order chi connectivity index (χ0) is 21.1. The fraction of sp³-hybridized carbons (Fsp3) is 0.435. The molecule has 0 aliphatic heterocycles. The first kappa shape index (κ1) is 23.3. The lowest BCUT2D eigenvalue weighted by Crippen LogP contribution is -2.11. The molecule has 1 aromatic heterocycles. The van der Waals surface area contributed by atoms with Crippen LogP contribution in [0.25, 0.3) is 11.4 Å². The number of hydrogen-bond acceptors (Lipinski definition) is 4. The summed E-state index contributed by atoms with van der Waals surface area (Å²) in [6.45, 7) is 14.5. The smallest absolute Gasteiger partial charge is 0.143 e. The third-order valence-electron chi connectivity index (χ3n) is 4.62. The molecule has 3 N–H and O–H groups in total. The Bertz CT molecular complexity index is 773. The highest BCUT2D eigenvalue weighted by molar-refractivity contribution is 5.66. The molecular weight excluding hydrogens is 348 g/mol. The van der Waals surface area contributed by atoms with Crippen LogP contribution < -0.4 is 15.8 Å². The van der Waals surface area contributed by atoms with E-state index in [2.05, 4.69) is 30.7 Å². The molecule has 5 nitrogen and oxygen atoms in total. The lowest BCUT2D eigenvalue weighted by atomic mass is 9.98.